The summed E-state index contributed by atoms with van der Waals surface area (Å²) in [5, 5.41) is 12.4. The number of hydrogen-bond acceptors (Lipinski definition) is 5. The molecule has 6 nitrogen and oxygen atoms in total. The van der Waals surface area contributed by atoms with Crippen LogP contribution >= 0.6 is 0 Å². The zero-order valence-electron chi connectivity index (χ0n) is 14.0. The summed E-state index contributed by atoms with van der Waals surface area (Å²) in [5.74, 6) is 1.27. The third-order valence-electron chi connectivity index (χ3n) is 4.10. The highest BCUT2D eigenvalue weighted by Gasteiger charge is 2.08. The Kier molecular flexibility index (Phi) is 4.27. The number of rotatable bonds is 5. The number of nitrogens with zero attached hydrogens (tertiary/aromatic N) is 5. The van der Waals surface area contributed by atoms with E-state index in [0.29, 0.717) is 17.3 Å². The van der Waals surface area contributed by atoms with Gasteiger partial charge in [-0.1, -0.05) is 30.3 Å². The highest BCUT2D eigenvalue weighted by Crippen LogP contribution is 2.18. The normalized spacial score (nSPS) is 10.6. The lowest BCUT2D eigenvalue weighted by Gasteiger charge is -2.08. The highest BCUT2D eigenvalue weighted by molar-refractivity contribution is 5.78. The third kappa shape index (κ3) is 3.23. The molecule has 6 heteroatoms. The molecule has 0 amide bonds. The van der Waals surface area contributed by atoms with Gasteiger partial charge in [0.1, 0.15) is 12.1 Å². The zero-order chi connectivity index (χ0) is 17.8. The molecule has 0 radical (unpaired) electrons. The quantitative estimate of drug-likeness (QED) is 0.603. The maximum atomic E-state index is 9.12. The van der Waals surface area contributed by atoms with Gasteiger partial charge in [-0.25, -0.2) is 9.97 Å². The van der Waals surface area contributed by atoms with Crippen molar-refractivity contribution in [2.75, 3.05) is 11.9 Å². The first kappa shape index (κ1) is 15.8. The van der Waals surface area contributed by atoms with Crippen LogP contribution in [0.1, 0.15) is 11.1 Å². The van der Waals surface area contributed by atoms with Gasteiger partial charge in [0.25, 0.3) is 0 Å². The first-order valence-electron chi connectivity index (χ1n) is 8.32. The molecule has 4 rings (SSSR count). The van der Waals surface area contributed by atoms with Crippen LogP contribution in [-0.2, 0) is 6.42 Å². The molecule has 4 aromatic rings. The van der Waals surface area contributed by atoms with Crippen molar-refractivity contribution in [3.63, 3.8) is 0 Å². The maximum Gasteiger partial charge on any atom is 0.224 e. The van der Waals surface area contributed by atoms with Crippen molar-refractivity contribution in [3.8, 4) is 11.9 Å². The largest absolute Gasteiger partial charge is 0.354 e. The molecule has 26 heavy (non-hydrogen) atoms. The van der Waals surface area contributed by atoms with Crippen LogP contribution in [0.15, 0.2) is 67.1 Å². The minimum absolute atomic E-state index is 0.566. The number of anilines is 1. The van der Waals surface area contributed by atoms with E-state index in [4.69, 9.17) is 5.26 Å². The molecule has 0 bridgehead atoms. The minimum Gasteiger partial charge on any atom is -0.354 e. The fourth-order valence-electron chi connectivity index (χ4n) is 2.79. The Morgan fingerprint density at radius 1 is 1.04 bits per heavy atom. The van der Waals surface area contributed by atoms with Crippen LogP contribution in [0, 0.1) is 11.3 Å². The van der Waals surface area contributed by atoms with Gasteiger partial charge in [-0.3, -0.25) is 4.57 Å². The second-order valence-corrected chi connectivity index (χ2v) is 5.83. The van der Waals surface area contributed by atoms with E-state index in [0.717, 1.165) is 24.0 Å². The topological polar surface area (TPSA) is 79.4 Å². The van der Waals surface area contributed by atoms with E-state index >= 15 is 0 Å². The van der Waals surface area contributed by atoms with E-state index in [1.165, 1.54) is 5.56 Å². The number of nitriles is 1. The van der Waals surface area contributed by atoms with Gasteiger partial charge in [0.15, 0.2) is 0 Å². The van der Waals surface area contributed by atoms with Crippen LogP contribution in [0.2, 0.25) is 0 Å². The number of aromatic nitrogens is 4. The Balaban J connectivity index is 1.55. The zero-order valence-corrected chi connectivity index (χ0v) is 14.0. The van der Waals surface area contributed by atoms with Crippen LogP contribution in [0.5, 0.6) is 0 Å². The van der Waals surface area contributed by atoms with Crippen molar-refractivity contribution in [2.24, 2.45) is 0 Å². The minimum atomic E-state index is 0.566. The fourth-order valence-corrected chi connectivity index (χ4v) is 2.79. The van der Waals surface area contributed by atoms with Gasteiger partial charge in [0, 0.05) is 12.7 Å². The smallest absolute Gasteiger partial charge is 0.224 e. The Bertz CT molecular complexity index is 1080. The summed E-state index contributed by atoms with van der Waals surface area (Å²) in [5.41, 5.74) is 3.52. The summed E-state index contributed by atoms with van der Waals surface area (Å²) in [6.45, 7) is 0.747. The van der Waals surface area contributed by atoms with E-state index in [1.807, 2.05) is 41.0 Å². The predicted octanol–water partition coefficient (Wildman–Crippen LogP) is 3.34. The van der Waals surface area contributed by atoms with E-state index in [2.05, 4.69) is 38.5 Å². The molecule has 0 aliphatic heterocycles. The predicted molar refractivity (Wildman–Crippen MR) is 100 cm³/mol. The van der Waals surface area contributed by atoms with Gasteiger partial charge in [0.05, 0.1) is 22.7 Å². The molecule has 126 valence electrons. The van der Waals surface area contributed by atoms with Gasteiger partial charge in [-0.05, 0) is 36.2 Å². The van der Waals surface area contributed by atoms with E-state index in [1.54, 1.807) is 18.6 Å². The molecule has 0 saturated carbocycles. The highest BCUT2D eigenvalue weighted by atomic mass is 15.2. The standard InChI is InChI=1S/C20H16N6/c21-13-16-6-7-17-18(12-16)26(14-24-17)19-9-11-23-20(25-19)22-10-8-15-4-2-1-3-5-15/h1-7,9,11-12,14H,8,10H2,(H,22,23,25). The van der Waals surface area contributed by atoms with Gasteiger partial charge in [-0.15, -0.1) is 0 Å². The van der Waals surface area contributed by atoms with Gasteiger partial charge in [-0.2, -0.15) is 10.2 Å². The first-order chi connectivity index (χ1) is 12.8. The Labute approximate surface area is 150 Å². The maximum absolute atomic E-state index is 9.12. The number of nitrogens with one attached hydrogen (secondary N) is 1. The average Bonchev–Trinajstić information content (AvgIpc) is 3.12. The Hall–Kier alpha value is -3.72. The number of fused-ring (bicyclic) bond motifs is 1. The Morgan fingerprint density at radius 3 is 2.77 bits per heavy atom. The molecular weight excluding hydrogens is 324 g/mol. The van der Waals surface area contributed by atoms with Crippen LogP contribution in [0.25, 0.3) is 16.9 Å². The van der Waals surface area contributed by atoms with Gasteiger partial charge < -0.3 is 5.32 Å². The Morgan fingerprint density at radius 2 is 1.92 bits per heavy atom. The average molecular weight is 340 g/mol. The summed E-state index contributed by atoms with van der Waals surface area (Å²) >= 11 is 0. The van der Waals surface area contributed by atoms with E-state index in [-0.39, 0.29) is 0 Å². The van der Waals surface area contributed by atoms with Crippen LogP contribution in [-0.4, -0.2) is 26.1 Å². The second-order valence-electron chi connectivity index (χ2n) is 5.83. The number of imidazole rings is 1. The van der Waals surface area contributed by atoms with E-state index in [9.17, 15) is 0 Å². The van der Waals surface area contributed by atoms with Crippen molar-refractivity contribution in [3.05, 3.63) is 78.2 Å². The molecule has 0 saturated heterocycles. The first-order valence-corrected chi connectivity index (χ1v) is 8.32. The molecule has 1 N–H and O–H groups in total. The molecule has 0 spiro atoms. The van der Waals surface area contributed by atoms with Crippen molar-refractivity contribution >= 4 is 17.0 Å². The molecule has 2 heterocycles. The fraction of sp³-hybridized carbons (Fsp3) is 0.100. The molecule has 0 unspecified atom stereocenters. The summed E-state index contributed by atoms with van der Waals surface area (Å²) < 4.78 is 1.86. The van der Waals surface area contributed by atoms with Crippen LogP contribution in [0.4, 0.5) is 5.95 Å². The monoisotopic (exact) mass is 340 g/mol. The lowest BCUT2D eigenvalue weighted by atomic mass is 10.1. The van der Waals surface area contributed by atoms with Gasteiger partial charge >= 0.3 is 0 Å². The summed E-state index contributed by atoms with van der Waals surface area (Å²) in [4.78, 5) is 13.2. The molecule has 0 fully saturated rings. The van der Waals surface area contributed by atoms with Crippen LogP contribution < -0.4 is 5.32 Å². The summed E-state index contributed by atoms with van der Waals surface area (Å²) in [6, 6.07) is 19.7. The van der Waals surface area contributed by atoms with Gasteiger partial charge in [0.2, 0.25) is 5.95 Å². The summed E-state index contributed by atoms with van der Waals surface area (Å²) in [7, 11) is 0. The second kappa shape index (κ2) is 7.03. The van der Waals surface area contributed by atoms with Crippen molar-refractivity contribution in [1.82, 2.24) is 19.5 Å². The van der Waals surface area contributed by atoms with Crippen molar-refractivity contribution < 1.29 is 0 Å². The van der Waals surface area contributed by atoms with Crippen LogP contribution in [0.3, 0.4) is 0 Å². The molecule has 2 aromatic heterocycles. The molecule has 0 atom stereocenters. The van der Waals surface area contributed by atoms with Crippen molar-refractivity contribution in [1.29, 1.82) is 5.26 Å². The molecule has 2 aromatic carbocycles. The molecular formula is C20H16N6. The molecule has 0 aliphatic rings. The summed E-state index contributed by atoms with van der Waals surface area (Å²) in [6.07, 6.45) is 4.32. The van der Waals surface area contributed by atoms with Crippen molar-refractivity contribution in [2.45, 2.75) is 6.42 Å². The number of hydrogen-bond donors (Lipinski definition) is 1. The lowest BCUT2D eigenvalue weighted by molar-refractivity contribution is 0.953. The number of benzene rings is 2. The molecule has 0 aliphatic carbocycles. The SMILES string of the molecule is N#Cc1ccc2ncn(-c3ccnc(NCCc4ccccc4)n3)c2c1. The third-order valence-corrected chi connectivity index (χ3v) is 4.10. The lowest BCUT2D eigenvalue weighted by Crippen LogP contribution is -2.09. The van der Waals surface area contributed by atoms with E-state index < -0.39 is 0 Å².